The van der Waals surface area contributed by atoms with Crippen LogP contribution >= 0.6 is 11.6 Å². The lowest BCUT2D eigenvalue weighted by Crippen LogP contribution is -2.54. The average molecular weight is 429 g/mol. The summed E-state index contributed by atoms with van der Waals surface area (Å²) >= 11 is 5.87. The van der Waals surface area contributed by atoms with Crippen molar-refractivity contribution in [1.82, 2.24) is 14.7 Å². The molecule has 0 bridgehead atoms. The first-order chi connectivity index (χ1) is 14.4. The van der Waals surface area contributed by atoms with Gasteiger partial charge in [-0.15, -0.1) is 0 Å². The molecule has 1 aliphatic rings. The highest BCUT2D eigenvalue weighted by atomic mass is 35.5. The second-order valence-electron chi connectivity index (χ2n) is 7.73. The second kappa shape index (κ2) is 10.6. The number of nitrogens with one attached hydrogen (secondary N) is 1. The lowest BCUT2D eigenvalue weighted by atomic mass is 10.2. The Morgan fingerprint density at radius 2 is 1.67 bits per heavy atom. The zero-order valence-electron chi connectivity index (χ0n) is 17.6. The Hall–Kier alpha value is -2.41. The monoisotopic (exact) mass is 428 g/mol. The zero-order chi connectivity index (χ0) is 21.5. The number of piperazine rings is 1. The van der Waals surface area contributed by atoms with E-state index in [0.29, 0.717) is 23.8 Å². The largest absolute Gasteiger partial charge is 0.339 e. The van der Waals surface area contributed by atoms with Crippen LogP contribution in [0.3, 0.4) is 0 Å². The summed E-state index contributed by atoms with van der Waals surface area (Å²) in [7, 11) is 1.80. The molecule has 0 unspecified atom stereocenters. The first-order valence-corrected chi connectivity index (χ1v) is 10.6. The topological polar surface area (TPSA) is 55.9 Å². The van der Waals surface area contributed by atoms with Gasteiger partial charge in [-0.05, 0) is 43.8 Å². The Kier molecular flexibility index (Phi) is 7.85. The van der Waals surface area contributed by atoms with Crippen LogP contribution in [0.1, 0.15) is 12.5 Å². The van der Waals surface area contributed by atoms with Crippen molar-refractivity contribution in [2.24, 2.45) is 0 Å². The molecular formula is C23H29ClN4O2. The van der Waals surface area contributed by atoms with Crippen LogP contribution in [0.15, 0.2) is 54.6 Å². The van der Waals surface area contributed by atoms with Crippen molar-refractivity contribution in [2.45, 2.75) is 19.5 Å². The van der Waals surface area contributed by atoms with Gasteiger partial charge in [0.1, 0.15) is 0 Å². The molecule has 1 fully saturated rings. The van der Waals surface area contributed by atoms with Crippen molar-refractivity contribution in [3.63, 3.8) is 0 Å². The smallest absolute Gasteiger partial charge is 0.239 e. The molecule has 1 heterocycles. The molecule has 30 heavy (non-hydrogen) atoms. The molecule has 0 aromatic heterocycles. The maximum atomic E-state index is 12.9. The van der Waals surface area contributed by atoms with Gasteiger partial charge in [-0.2, -0.15) is 0 Å². The van der Waals surface area contributed by atoms with Crippen molar-refractivity contribution >= 4 is 29.1 Å². The minimum absolute atomic E-state index is 0.0659. The standard InChI is InChI=1S/C23H29ClN4O2/c1-18(26(2)17-22(29)25-21-10-8-20(24)9-11-21)23(30)28-14-12-27(13-15-28)16-19-6-4-3-5-7-19/h3-11,18H,12-17H2,1-2H3,(H,25,29)/t18-/m1/s1. The third-order valence-corrected chi connectivity index (χ3v) is 5.72. The fraction of sp³-hybridized carbons (Fsp3) is 0.391. The number of likely N-dealkylation sites (N-methyl/N-ethyl adjacent to an activating group) is 1. The molecule has 2 amide bonds. The van der Waals surface area contributed by atoms with Crippen LogP contribution in [0.5, 0.6) is 0 Å². The number of benzene rings is 2. The van der Waals surface area contributed by atoms with E-state index >= 15 is 0 Å². The molecule has 1 N–H and O–H groups in total. The van der Waals surface area contributed by atoms with Crippen LogP contribution in [0.2, 0.25) is 5.02 Å². The van der Waals surface area contributed by atoms with Gasteiger partial charge in [-0.1, -0.05) is 41.9 Å². The van der Waals surface area contributed by atoms with Gasteiger partial charge in [0.15, 0.2) is 0 Å². The summed E-state index contributed by atoms with van der Waals surface area (Å²) in [6.45, 7) is 6.03. The summed E-state index contributed by atoms with van der Waals surface area (Å²) in [4.78, 5) is 31.3. The molecule has 3 rings (SSSR count). The highest BCUT2D eigenvalue weighted by molar-refractivity contribution is 6.30. The molecule has 2 aromatic carbocycles. The van der Waals surface area contributed by atoms with E-state index in [0.717, 1.165) is 19.6 Å². The number of carbonyl (C=O) groups is 2. The number of halogens is 1. The lowest BCUT2D eigenvalue weighted by Gasteiger charge is -2.37. The highest BCUT2D eigenvalue weighted by Gasteiger charge is 2.27. The van der Waals surface area contributed by atoms with E-state index in [-0.39, 0.29) is 24.4 Å². The number of anilines is 1. The van der Waals surface area contributed by atoms with Gasteiger partial charge in [0, 0.05) is 43.4 Å². The minimum Gasteiger partial charge on any atom is -0.339 e. The van der Waals surface area contributed by atoms with Crippen molar-refractivity contribution in [3.8, 4) is 0 Å². The van der Waals surface area contributed by atoms with Crippen molar-refractivity contribution in [1.29, 1.82) is 0 Å². The van der Waals surface area contributed by atoms with E-state index < -0.39 is 0 Å². The van der Waals surface area contributed by atoms with E-state index in [1.54, 1.807) is 36.2 Å². The molecule has 2 aromatic rings. The quantitative estimate of drug-likeness (QED) is 0.736. The summed E-state index contributed by atoms with van der Waals surface area (Å²) in [5, 5.41) is 3.45. The minimum atomic E-state index is -0.360. The van der Waals surface area contributed by atoms with E-state index in [9.17, 15) is 9.59 Å². The second-order valence-corrected chi connectivity index (χ2v) is 8.17. The van der Waals surface area contributed by atoms with Gasteiger partial charge >= 0.3 is 0 Å². The molecule has 1 saturated heterocycles. The molecule has 0 radical (unpaired) electrons. The summed E-state index contributed by atoms with van der Waals surface area (Å²) < 4.78 is 0. The van der Waals surface area contributed by atoms with Crippen LogP contribution < -0.4 is 5.32 Å². The van der Waals surface area contributed by atoms with Gasteiger partial charge in [-0.25, -0.2) is 0 Å². The van der Waals surface area contributed by atoms with Gasteiger partial charge in [0.05, 0.1) is 12.6 Å². The summed E-state index contributed by atoms with van der Waals surface area (Å²) in [6, 6.07) is 17.0. The number of hydrogen-bond acceptors (Lipinski definition) is 4. The molecule has 160 valence electrons. The Labute approximate surface area is 183 Å². The van der Waals surface area contributed by atoms with Crippen LogP contribution in [-0.2, 0) is 16.1 Å². The molecule has 1 atom stereocenters. The van der Waals surface area contributed by atoms with E-state index in [2.05, 4.69) is 34.5 Å². The Bertz CT molecular complexity index is 836. The van der Waals surface area contributed by atoms with Crippen molar-refractivity contribution in [3.05, 3.63) is 65.2 Å². The Morgan fingerprint density at radius 3 is 2.30 bits per heavy atom. The van der Waals surface area contributed by atoms with Gasteiger partial charge in [-0.3, -0.25) is 19.4 Å². The Morgan fingerprint density at radius 1 is 1.03 bits per heavy atom. The van der Waals surface area contributed by atoms with Gasteiger partial charge < -0.3 is 10.2 Å². The van der Waals surface area contributed by atoms with Crippen LogP contribution in [0, 0.1) is 0 Å². The van der Waals surface area contributed by atoms with E-state index in [1.807, 2.05) is 17.9 Å². The van der Waals surface area contributed by atoms with E-state index in [4.69, 9.17) is 11.6 Å². The third-order valence-electron chi connectivity index (χ3n) is 5.47. The molecular weight excluding hydrogens is 400 g/mol. The predicted octanol–water partition coefficient (Wildman–Crippen LogP) is 2.94. The Balaban J connectivity index is 1.44. The number of hydrogen-bond donors (Lipinski definition) is 1. The molecule has 1 aliphatic heterocycles. The zero-order valence-corrected chi connectivity index (χ0v) is 18.3. The predicted molar refractivity (Wildman–Crippen MR) is 120 cm³/mol. The number of nitrogens with zero attached hydrogens (tertiary/aromatic N) is 3. The molecule has 0 spiro atoms. The average Bonchev–Trinajstić information content (AvgIpc) is 2.75. The lowest BCUT2D eigenvalue weighted by molar-refractivity contribution is -0.138. The van der Waals surface area contributed by atoms with E-state index in [1.165, 1.54) is 5.56 Å². The number of amides is 2. The molecule has 7 heteroatoms. The summed E-state index contributed by atoms with van der Waals surface area (Å²) in [6.07, 6.45) is 0. The summed E-state index contributed by atoms with van der Waals surface area (Å²) in [5.74, 6) is -0.0942. The van der Waals surface area contributed by atoms with Crippen molar-refractivity contribution in [2.75, 3.05) is 45.1 Å². The normalized spacial score (nSPS) is 15.8. The third kappa shape index (κ3) is 6.29. The first-order valence-electron chi connectivity index (χ1n) is 10.2. The van der Waals surface area contributed by atoms with Gasteiger partial charge in [0.25, 0.3) is 0 Å². The fourth-order valence-corrected chi connectivity index (χ4v) is 3.64. The maximum Gasteiger partial charge on any atom is 0.239 e. The first kappa shape index (κ1) is 22.3. The number of carbonyl (C=O) groups excluding carboxylic acids is 2. The van der Waals surface area contributed by atoms with Crippen LogP contribution in [0.4, 0.5) is 5.69 Å². The van der Waals surface area contributed by atoms with Crippen LogP contribution in [0.25, 0.3) is 0 Å². The van der Waals surface area contributed by atoms with Gasteiger partial charge in [0.2, 0.25) is 11.8 Å². The van der Waals surface area contributed by atoms with Crippen LogP contribution in [-0.4, -0.2) is 72.3 Å². The highest BCUT2D eigenvalue weighted by Crippen LogP contribution is 2.14. The maximum absolute atomic E-state index is 12.9. The SMILES string of the molecule is C[C@H](C(=O)N1CCN(Cc2ccccc2)CC1)N(C)CC(=O)Nc1ccc(Cl)cc1. The molecule has 0 aliphatic carbocycles. The molecule has 0 saturated carbocycles. The summed E-state index contributed by atoms with van der Waals surface area (Å²) in [5.41, 5.74) is 1.98. The molecule has 6 nitrogen and oxygen atoms in total. The number of rotatable bonds is 7. The van der Waals surface area contributed by atoms with Crippen molar-refractivity contribution < 1.29 is 9.59 Å². The fourth-order valence-electron chi connectivity index (χ4n) is 3.52.